The van der Waals surface area contributed by atoms with Gasteiger partial charge in [0, 0.05) is 6.54 Å². The SMILES string of the molecule is Cc1ccc(C(C)NCCS(=O)(=O)C(C)(C)C)o1. The maximum atomic E-state index is 11.9. The van der Waals surface area contributed by atoms with Crippen molar-refractivity contribution in [2.75, 3.05) is 12.3 Å². The molecule has 0 aliphatic carbocycles. The standard InChI is InChI=1S/C13H23NO3S/c1-10-6-7-12(17-10)11(2)14-8-9-18(15,16)13(3,4)5/h6-7,11,14H,8-9H2,1-5H3. The van der Waals surface area contributed by atoms with Crippen LogP contribution in [0.5, 0.6) is 0 Å². The van der Waals surface area contributed by atoms with E-state index in [4.69, 9.17) is 4.42 Å². The fourth-order valence-corrected chi connectivity index (χ4v) is 2.50. The first kappa shape index (κ1) is 15.2. The van der Waals surface area contributed by atoms with Crippen LogP contribution in [0.1, 0.15) is 45.3 Å². The minimum atomic E-state index is -3.06. The molecule has 0 aromatic carbocycles. The third kappa shape index (κ3) is 3.85. The monoisotopic (exact) mass is 273 g/mol. The van der Waals surface area contributed by atoms with Gasteiger partial charge in [-0.25, -0.2) is 8.42 Å². The van der Waals surface area contributed by atoms with Crippen LogP contribution >= 0.6 is 0 Å². The van der Waals surface area contributed by atoms with E-state index in [0.29, 0.717) is 6.54 Å². The second-order valence-corrected chi connectivity index (χ2v) is 8.42. The van der Waals surface area contributed by atoms with Crippen molar-refractivity contribution >= 4 is 9.84 Å². The van der Waals surface area contributed by atoms with Gasteiger partial charge in [-0.2, -0.15) is 0 Å². The van der Waals surface area contributed by atoms with Gasteiger partial charge in [0.05, 0.1) is 16.5 Å². The summed E-state index contributed by atoms with van der Waals surface area (Å²) in [5.41, 5.74) is 0. The predicted octanol–water partition coefficient (Wildman–Crippen LogP) is 2.45. The summed E-state index contributed by atoms with van der Waals surface area (Å²) in [5, 5.41) is 3.17. The van der Waals surface area contributed by atoms with Crippen molar-refractivity contribution < 1.29 is 12.8 Å². The molecule has 5 heteroatoms. The van der Waals surface area contributed by atoms with Gasteiger partial charge in [-0.05, 0) is 46.8 Å². The van der Waals surface area contributed by atoms with Gasteiger partial charge in [0.1, 0.15) is 11.5 Å². The zero-order valence-corrected chi connectivity index (χ0v) is 12.6. The van der Waals surface area contributed by atoms with Crippen LogP contribution < -0.4 is 5.32 Å². The van der Waals surface area contributed by atoms with Crippen molar-refractivity contribution in [3.05, 3.63) is 23.7 Å². The van der Waals surface area contributed by atoms with Crippen LogP contribution in [0.2, 0.25) is 0 Å². The van der Waals surface area contributed by atoms with Gasteiger partial charge in [-0.1, -0.05) is 0 Å². The molecule has 1 heterocycles. The summed E-state index contributed by atoms with van der Waals surface area (Å²) >= 11 is 0. The van der Waals surface area contributed by atoms with Gasteiger partial charge in [0.15, 0.2) is 9.84 Å². The maximum Gasteiger partial charge on any atom is 0.156 e. The molecule has 0 saturated carbocycles. The number of hydrogen-bond donors (Lipinski definition) is 1. The molecule has 0 radical (unpaired) electrons. The van der Waals surface area contributed by atoms with Crippen molar-refractivity contribution in [2.24, 2.45) is 0 Å². The van der Waals surface area contributed by atoms with Crippen LogP contribution in [0.15, 0.2) is 16.5 Å². The molecule has 1 rings (SSSR count). The molecule has 0 spiro atoms. The van der Waals surface area contributed by atoms with Crippen LogP contribution in [0.25, 0.3) is 0 Å². The number of nitrogens with one attached hydrogen (secondary N) is 1. The number of hydrogen-bond acceptors (Lipinski definition) is 4. The average molecular weight is 273 g/mol. The molecule has 0 amide bonds. The van der Waals surface area contributed by atoms with Gasteiger partial charge in [0.2, 0.25) is 0 Å². The molecule has 1 aromatic heterocycles. The lowest BCUT2D eigenvalue weighted by Gasteiger charge is -2.20. The molecule has 104 valence electrons. The number of rotatable bonds is 5. The van der Waals surface area contributed by atoms with Crippen LogP contribution in [0.4, 0.5) is 0 Å². The summed E-state index contributed by atoms with van der Waals surface area (Å²) in [6.45, 7) is 9.45. The first-order chi connectivity index (χ1) is 8.13. The van der Waals surface area contributed by atoms with Crippen molar-refractivity contribution in [3.8, 4) is 0 Å². The third-order valence-electron chi connectivity index (χ3n) is 2.94. The average Bonchev–Trinajstić information content (AvgIpc) is 2.62. The fourth-order valence-electron chi connectivity index (χ4n) is 1.50. The molecule has 1 N–H and O–H groups in total. The van der Waals surface area contributed by atoms with Crippen LogP contribution in [-0.4, -0.2) is 25.5 Å². The highest BCUT2D eigenvalue weighted by atomic mass is 32.2. The highest BCUT2D eigenvalue weighted by Crippen LogP contribution is 2.17. The fraction of sp³-hybridized carbons (Fsp3) is 0.692. The van der Waals surface area contributed by atoms with Gasteiger partial charge in [-0.15, -0.1) is 0 Å². The molecule has 4 nitrogen and oxygen atoms in total. The first-order valence-corrected chi connectivity index (χ1v) is 7.81. The van der Waals surface area contributed by atoms with E-state index >= 15 is 0 Å². The van der Waals surface area contributed by atoms with Gasteiger partial charge in [0.25, 0.3) is 0 Å². The van der Waals surface area contributed by atoms with Crippen molar-refractivity contribution in [3.63, 3.8) is 0 Å². The molecular weight excluding hydrogens is 250 g/mol. The molecular formula is C13H23NO3S. The Labute approximate surface area is 110 Å². The Balaban J connectivity index is 2.48. The van der Waals surface area contributed by atoms with E-state index in [1.54, 1.807) is 20.8 Å². The van der Waals surface area contributed by atoms with Crippen molar-refractivity contribution in [2.45, 2.75) is 45.4 Å². The number of furan rings is 1. The second kappa shape index (κ2) is 5.45. The van der Waals surface area contributed by atoms with Crippen LogP contribution in [0, 0.1) is 6.92 Å². The first-order valence-electron chi connectivity index (χ1n) is 6.15. The summed E-state index contributed by atoms with van der Waals surface area (Å²) < 4.78 is 28.6. The molecule has 0 saturated heterocycles. The Bertz CT molecular complexity index is 483. The van der Waals surface area contributed by atoms with Gasteiger partial charge in [-0.3, -0.25) is 0 Å². The van der Waals surface area contributed by atoms with Gasteiger partial charge < -0.3 is 9.73 Å². The smallest absolute Gasteiger partial charge is 0.156 e. The van der Waals surface area contributed by atoms with Crippen molar-refractivity contribution in [1.82, 2.24) is 5.32 Å². The van der Waals surface area contributed by atoms with E-state index in [1.807, 2.05) is 26.0 Å². The van der Waals surface area contributed by atoms with E-state index in [2.05, 4.69) is 5.32 Å². The Kier molecular flexibility index (Phi) is 4.61. The predicted molar refractivity (Wildman–Crippen MR) is 73.4 cm³/mol. The molecule has 0 fully saturated rings. The normalized spacial score (nSPS) is 14.7. The minimum absolute atomic E-state index is 0.0221. The van der Waals surface area contributed by atoms with E-state index in [9.17, 15) is 8.42 Å². The Hall–Kier alpha value is -0.810. The van der Waals surface area contributed by atoms with E-state index in [0.717, 1.165) is 11.5 Å². The summed E-state index contributed by atoms with van der Waals surface area (Å²) in [4.78, 5) is 0. The molecule has 1 unspecified atom stereocenters. The Morgan fingerprint density at radius 3 is 2.39 bits per heavy atom. The third-order valence-corrected chi connectivity index (χ3v) is 5.55. The summed E-state index contributed by atoms with van der Waals surface area (Å²) in [7, 11) is -3.06. The van der Waals surface area contributed by atoms with Crippen molar-refractivity contribution in [1.29, 1.82) is 0 Å². The summed E-state index contributed by atoms with van der Waals surface area (Å²) in [6, 6.07) is 3.83. The summed E-state index contributed by atoms with van der Waals surface area (Å²) in [5.74, 6) is 1.84. The largest absolute Gasteiger partial charge is 0.465 e. The Morgan fingerprint density at radius 2 is 1.94 bits per heavy atom. The van der Waals surface area contributed by atoms with E-state index in [-0.39, 0.29) is 11.8 Å². The number of sulfone groups is 1. The van der Waals surface area contributed by atoms with E-state index < -0.39 is 14.6 Å². The lowest BCUT2D eigenvalue weighted by molar-refractivity contribution is 0.421. The molecule has 0 aliphatic heterocycles. The molecule has 1 aromatic rings. The lowest BCUT2D eigenvalue weighted by Crippen LogP contribution is -2.35. The zero-order chi connectivity index (χ0) is 14.0. The lowest BCUT2D eigenvalue weighted by atomic mass is 10.2. The molecule has 18 heavy (non-hydrogen) atoms. The quantitative estimate of drug-likeness (QED) is 0.895. The zero-order valence-electron chi connectivity index (χ0n) is 11.8. The molecule has 0 aliphatic rings. The Morgan fingerprint density at radius 1 is 1.33 bits per heavy atom. The molecule has 1 atom stereocenters. The highest BCUT2D eigenvalue weighted by molar-refractivity contribution is 7.92. The second-order valence-electron chi connectivity index (χ2n) is 5.56. The van der Waals surface area contributed by atoms with Gasteiger partial charge >= 0.3 is 0 Å². The topological polar surface area (TPSA) is 59.3 Å². The minimum Gasteiger partial charge on any atom is -0.465 e. The van der Waals surface area contributed by atoms with E-state index in [1.165, 1.54) is 0 Å². The van der Waals surface area contributed by atoms with Crippen LogP contribution in [-0.2, 0) is 9.84 Å². The maximum absolute atomic E-state index is 11.9. The number of aryl methyl sites for hydroxylation is 1. The molecule has 0 bridgehead atoms. The summed E-state index contributed by atoms with van der Waals surface area (Å²) in [6.07, 6.45) is 0. The highest BCUT2D eigenvalue weighted by Gasteiger charge is 2.28. The van der Waals surface area contributed by atoms with Crippen LogP contribution in [0.3, 0.4) is 0 Å².